The van der Waals surface area contributed by atoms with Crippen LogP contribution in [0.5, 0.6) is 0 Å². The van der Waals surface area contributed by atoms with E-state index in [1.54, 1.807) is 0 Å². The molecule has 2 aromatic rings. The molecule has 0 radical (unpaired) electrons. The molecule has 0 spiro atoms. The van der Waals surface area contributed by atoms with E-state index in [4.69, 9.17) is 5.11 Å². The van der Waals surface area contributed by atoms with E-state index in [-0.39, 0.29) is 6.61 Å². The van der Waals surface area contributed by atoms with Gasteiger partial charge in [0, 0.05) is 12.2 Å². The van der Waals surface area contributed by atoms with Crippen LogP contribution in [0.3, 0.4) is 0 Å². The fourth-order valence-corrected chi connectivity index (χ4v) is 1.60. The lowest BCUT2D eigenvalue weighted by Crippen LogP contribution is -2.01. The van der Waals surface area contributed by atoms with Crippen molar-refractivity contribution in [1.82, 2.24) is 4.98 Å². The molecule has 0 bridgehead atoms. The summed E-state index contributed by atoms with van der Waals surface area (Å²) >= 11 is 0. The predicted molar refractivity (Wildman–Crippen MR) is 68.7 cm³/mol. The maximum absolute atomic E-state index is 8.94. The summed E-state index contributed by atoms with van der Waals surface area (Å²) in [6, 6.07) is 13.8. The van der Waals surface area contributed by atoms with Crippen LogP contribution in [-0.2, 0) is 13.2 Å². The van der Waals surface area contributed by atoms with Gasteiger partial charge in [0.2, 0.25) is 0 Å². The van der Waals surface area contributed by atoms with Crippen molar-refractivity contribution in [2.75, 3.05) is 5.32 Å². The number of anilines is 1. The second-order valence-corrected chi connectivity index (χ2v) is 3.99. The van der Waals surface area contributed by atoms with Gasteiger partial charge in [-0.15, -0.1) is 0 Å². The lowest BCUT2D eigenvalue weighted by atomic mass is 10.1. The number of benzene rings is 1. The van der Waals surface area contributed by atoms with Crippen LogP contribution in [-0.4, -0.2) is 10.1 Å². The molecule has 0 saturated heterocycles. The molecular weight excluding hydrogens is 212 g/mol. The van der Waals surface area contributed by atoms with E-state index < -0.39 is 0 Å². The van der Waals surface area contributed by atoms with Crippen LogP contribution in [0.2, 0.25) is 0 Å². The molecule has 2 N–H and O–H groups in total. The topological polar surface area (TPSA) is 45.1 Å². The molecule has 3 nitrogen and oxygen atoms in total. The predicted octanol–water partition coefficient (Wildman–Crippen LogP) is 2.49. The Labute approximate surface area is 101 Å². The normalized spacial score (nSPS) is 10.2. The number of aliphatic hydroxyl groups excluding tert-OH is 1. The first-order valence-corrected chi connectivity index (χ1v) is 5.64. The summed E-state index contributed by atoms with van der Waals surface area (Å²) < 4.78 is 0. The third-order valence-corrected chi connectivity index (χ3v) is 2.57. The maximum Gasteiger partial charge on any atom is 0.126 e. The molecule has 1 heterocycles. The van der Waals surface area contributed by atoms with Crippen molar-refractivity contribution >= 4 is 5.82 Å². The second-order valence-electron chi connectivity index (χ2n) is 3.99. The van der Waals surface area contributed by atoms with E-state index in [1.807, 2.05) is 49.4 Å². The van der Waals surface area contributed by atoms with Crippen molar-refractivity contribution in [3.63, 3.8) is 0 Å². The van der Waals surface area contributed by atoms with Crippen molar-refractivity contribution < 1.29 is 5.11 Å². The van der Waals surface area contributed by atoms with Gasteiger partial charge < -0.3 is 10.4 Å². The average Bonchev–Trinajstić information content (AvgIpc) is 2.37. The molecule has 0 aliphatic rings. The number of aryl methyl sites for hydroxylation is 1. The van der Waals surface area contributed by atoms with E-state index in [0.717, 1.165) is 23.6 Å². The van der Waals surface area contributed by atoms with Crippen LogP contribution in [0, 0.1) is 6.92 Å². The summed E-state index contributed by atoms with van der Waals surface area (Å²) in [6.07, 6.45) is 0. The van der Waals surface area contributed by atoms with Gasteiger partial charge in [-0.05, 0) is 30.2 Å². The molecule has 0 atom stereocenters. The first kappa shape index (κ1) is 11.6. The van der Waals surface area contributed by atoms with E-state index >= 15 is 0 Å². The average molecular weight is 228 g/mol. The SMILES string of the molecule is Cc1cccc(NCc2ccc(CO)cc2)n1. The van der Waals surface area contributed by atoms with Crippen molar-refractivity contribution in [3.8, 4) is 0 Å². The monoisotopic (exact) mass is 228 g/mol. The van der Waals surface area contributed by atoms with Crippen LogP contribution in [0.4, 0.5) is 5.82 Å². The first-order valence-electron chi connectivity index (χ1n) is 5.64. The maximum atomic E-state index is 8.94. The first-order chi connectivity index (χ1) is 8.28. The van der Waals surface area contributed by atoms with Gasteiger partial charge in [0.05, 0.1) is 6.61 Å². The third-order valence-electron chi connectivity index (χ3n) is 2.57. The van der Waals surface area contributed by atoms with Crippen LogP contribution >= 0.6 is 0 Å². The summed E-state index contributed by atoms with van der Waals surface area (Å²) in [5, 5.41) is 12.2. The fourth-order valence-electron chi connectivity index (χ4n) is 1.60. The Balaban J connectivity index is 1.97. The van der Waals surface area contributed by atoms with Gasteiger partial charge in [-0.1, -0.05) is 30.3 Å². The van der Waals surface area contributed by atoms with Crippen LogP contribution in [0.15, 0.2) is 42.5 Å². The van der Waals surface area contributed by atoms with Crippen LogP contribution in [0.1, 0.15) is 16.8 Å². The van der Waals surface area contributed by atoms with Crippen molar-refractivity contribution in [2.24, 2.45) is 0 Å². The molecule has 2 rings (SSSR count). The van der Waals surface area contributed by atoms with Gasteiger partial charge in [-0.25, -0.2) is 4.98 Å². The van der Waals surface area contributed by atoms with E-state index in [1.165, 1.54) is 5.56 Å². The Kier molecular flexibility index (Phi) is 3.73. The highest BCUT2D eigenvalue weighted by atomic mass is 16.3. The second kappa shape index (κ2) is 5.46. The molecule has 0 aliphatic heterocycles. The summed E-state index contributed by atoms with van der Waals surface area (Å²) in [7, 11) is 0. The third kappa shape index (κ3) is 3.29. The highest BCUT2D eigenvalue weighted by molar-refractivity contribution is 5.36. The zero-order chi connectivity index (χ0) is 12.1. The Morgan fingerprint density at radius 3 is 2.41 bits per heavy atom. The lowest BCUT2D eigenvalue weighted by molar-refractivity contribution is 0.282. The molecule has 17 heavy (non-hydrogen) atoms. The number of pyridine rings is 1. The Bertz CT molecular complexity index is 480. The molecule has 1 aromatic heterocycles. The number of aliphatic hydroxyl groups is 1. The molecule has 0 unspecified atom stereocenters. The van der Waals surface area contributed by atoms with E-state index in [2.05, 4.69) is 10.3 Å². The zero-order valence-electron chi connectivity index (χ0n) is 9.85. The molecule has 0 aliphatic carbocycles. The van der Waals surface area contributed by atoms with E-state index in [9.17, 15) is 0 Å². The minimum Gasteiger partial charge on any atom is -0.392 e. The van der Waals surface area contributed by atoms with Gasteiger partial charge in [-0.2, -0.15) is 0 Å². The standard InChI is InChI=1S/C14H16N2O/c1-11-3-2-4-14(16-11)15-9-12-5-7-13(10-17)8-6-12/h2-8,17H,9-10H2,1H3,(H,15,16). The van der Waals surface area contributed by atoms with Gasteiger partial charge in [0.15, 0.2) is 0 Å². The van der Waals surface area contributed by atoms with Gasteiger partial charge in [-0.3, -0.25) is 0 Å². The van der Waals surface area contributed by atoms with Gasteiger partial charge >= 0.3 is 0 Å². The Hall–Kier alpha value is -1.87. The minimum atomic E-state index is 0.0904. The minimum absolute atomic E-state index is 0.0904. The number of nitrogens with one attached hydrogen (secondary N) is 1. The molecular formula is C14H16N2O. The molecule has 0 fully saturated rings. The zero-order valence-corrected chi connectivity index (χ0v) is 9.85. The summed E-state index contributed by atoms with van der Waals surface area (Å²) in [5.41, 5.74) is 3.11. The number of hydrogen-bond acceptors (Lipinski definition) is 3. The number of nitrogens with zero attached hydrogens (tertiary/aromatic N) is 1. The lowest BCUT2D eigenvalue weighted by Gasteiger charge is -2.06. The molecule has 3 heteroatoms. The summed E-state index contributed by atoms with van der Waals surface area (Å²) in [5.74, 6) is 0.885. The summed E-state index contributed by atoms with van der Waals surface area (Å²) in [4.78, 5) is 4.37. The van der Waals surface area contributed by atoms with Crippen LogP contribution < -0.4 is 5.32 Å². The Morgan fingerprint density at radius 2 is 1.76 bits per heavy atom. The van der Waals surface area contributed by atoms with Crippen molar-refractivity contribution in [3.05, 3.63) is 59.3 Å². The molecule has 0 amide bonds. The largest absolute Gasteiger partial charge is 0.392 e. The van der Waals surface area contributed by atoms with Crippen molar-refractivity contribution in [2.45, 2.75) is 20.1 Å². The summed E-state index contributed by atoms with van der Waals surface area (Å²) in [6.45, 7) is 2.80. The molecule has 88 valence electrons. The Morgan fingerprint density at radius 1 is 1.06 bits per heavy atom. The highest BCUT2D eigenvalue weighted by Crippen LogP contribution is 2.08. The van der Waals surface area contributed by atoms with Crippen LogP contribution in [0.25, 0.3) is 0 Å². The van der Waals surface area contributed by atoms with E-state index in [0.29, 0.717) is 0 Å². The highest BCUT2D eigenvalue weighted by Gasteiger charge is 1.96. The van der Waals surface area contributed by atoms with Gasteiger partial charge in [0.25, 0.3) is 0 Å². The quantitative estimate of drug-likeness (QED) is 0.845. The number of hydrogen-bond donors (Lipinski definition) is 2. The molecule has 1 aromatic carbocycles. The fraction of sp³-hybridized carbons (Fsp3) is 0.214. The number of aromatic nitrogens is 1. The smallest absolute Gasteiger partial charge is 0.126 e. The number of rotatable bonds is 4. The van der Waals surface area contributed by atoms with Crippen molar-refractivity contribution in [1.29, 1.82) is 0 Å². The molecule has 0 saturated carbocycles. The van der Waals surface area contributed by atoms with Gasteiger partial charge in [0.1, 0.15) is 5.82 Å².